The van der Waals surface area contributed by atoms with E-state index in [1.807, 2.05) is 0 Å². The van der Waals surface area contributed by atoms with Crippen LogP contribution in [-0.2, 0) is 9.47 Å². The van der Waals surface area contributed by atoms with E-state index >= 15 is 0 Å². The number of nitro groups is 1. The molecule has 0 unspecified atom stereocenters. The van der Waals surface area contributed by atoms with Crippen LogP contribution in [0.1, 0.15) is 20.7 Å². The smallest absolute Gasteiger partial charge is 0.393 e. The largest absolute Gasteiger partial charge is 0.465 e. The number of ether oxygens (including phenoxy) is 4. The number of nitrogens with zero attached hydrogens (tertiary/aromatic N) is 3. The van der Waals surface area contributed by atoms with E-state index in [0.717, 1.165) is 6.33 Å². The number of methoxy groups -OCH3 is 2. The Morgan fingerprint density at radius 3 is 1.48 bits per heavy atom. The van der Waals surface area contributed by atoms with Crippen LogP contribution in [0.15, 0.2) is 54.9 Å². The highest BCUT2D eigenvalue weighted by Gasteiger charge is 2.27. The van der Waals surface area contributed by atoms with Gasteiger partial charge in [0.1, 0.15) is 17.8 Å². The van der Waals surface area contributed by atoms with Gasteiger partial charge < -0.3 is 18.9 Å². The molecule has 0 atom stereocenters. The molecule has 11 heteroatoms. The van der Waals surface area contributed by atoms with E-state index in [2.05, 4.69) is 19.4 Å². The predicted octanol–water partition coefficient (Wildman–Crippen LogP) is 3.54. The summed E-state index contributed by atoms with van der Waals surface area (Å²) in [6.45, 7) is 0. The maximum Gasteiger partial charge on any atom is 0.393 e. The molecule has 2 aromatic carbocycles. The number of carbonyl (C=O) groups excluding carboxylic acids is 2. The van der Waals surface area contributed by atoms with E-state index in [1.165, 1.54) is 62.8 Å². The van der Waals surface area contributed by atoms with Crippen LogP contribution in [0.4, 0.5) is 5.69 Å². The Balaban J connectivity index is 1.86. The molecule has 0 saturated heterocycles. The molecule has 3 aromatic rings. The fourth-order valence-corrected chi connectivity index (χ4v) is 2.43. The van der Waals surface area contributed by atoms with Crippen LogP contribution in [0.25, 0.3) is 0 Å². The zero-order valence-corrected chi connectivity index (χ0v) is 16.3. The normalized spacial score (nSPS) is 10.1. The summed E-state index contributed by atoms with van der Waals surface area (Å²) in [5, 5.41) is 11.6. The van der Waals surface area contributed by atoms with E-state index in [0.29, 0.717) is 0 Å². The lowest BCUT2D eigenvalue weighted by Crippen LogP contribution is -2.03. The van der Waals surface area contributed by atoms with Gasteiger partial charge in [-0.25, -0.2) is 9.59 Å². The van der Waals surface area contributed by atoms with Crippen molar-refractivity contribution in [3.8, 4) is 23.3 Å². The van der Waals surface area contributed by atoms with Gasteiger partial charge in [0.2, 0.25) is 0 Å². The number of rotatable bonds is 7. The van der Waals surface area contributed by atoms with Crippen molar-refractivity contribution >= 4 is 17.6 Å². The van der Waals surface area contributed by atoms with Crippen molar-refractivity contribution < 1.29 is 33.5 Å². The van der Waals surface area contributed by atoms with Crippen LogP contribution in [0.5, 0.6) is 23.3 Å². The zero-order chi connectivity index (χ0) is 22.4. The Morgan fingerprint density at radius 2 is 1.16 bits per heavy atom. The fraction of sp³-hybridized carbons (Fsp3) is 0.100. The highest BCUT2D eigenvalue weighted by Crippen LogP contribution is 2.37. The van der Waals surface area contributed by atoms with Gasteiger partial charge in [0.05, 0.1) is 30.3 Å². The molecule has 0 saturated carbocycles. The van der Waals surface area contributed by atoms with Crippen molar-refractivity contribution in [2.75, 3.05) is 14.2 Å². The molecule has 0 N–H and O–H groups in total. The Bertz CT molecular complexity index is 1030. The van der Waals surface area contributed by atoms with Gasteiger partial charge in [0.15, 0.2) is 0 Å². The predicted molar refractivity (Wildman–Crippen MR) is 104 cm³/mol. The summed E-state index contributed by atoms with van der Waals surface area (Å²) in [5.74, 6) is -1.38. The molecular formula is C20H15N3O8. The minimum atomic E-state index is -0.740. The average Bonchev–Trinajstić information content (AvgIpc) is 2.79. The van der Waals surface area contributed by atoms with E-state index in [4.69, 9.17) is 9.47 Å². The van der Waals surface area contributed by atoms with Crippen LogP contribution >= 0.6 is 0 Å². The van der Waals surface area contributed by atoms with Crippen LogP contribution in [0.3, 0.4) is 0 Å². The summed E-state index contributed by atoms with van der Waals surface area (Å²) in [5.41, 5.74) is -0.0329. The fourth-order valence-electron chi connectivity index (χ4n) is 2.43. The average molecular weight is 425 g/mol. The van der Waals surface area contributed by atoms with Gasteiger partial charge in [0.25, 0.3) is 0 Å². The molecule has 0 amide bonds. The molecule has 0 aliphatic heterocycles. The summed E-state index contributed by atoms with van der Waals surface area (Å²) >= 11 is 0. The van der Waals surface area contributed by atoms with Gasteiger partial charge in [0, 0.05) is 0 Å². The summed E-state index contributed by atoms with van der Waals surface area (Å²) in [4.78, 5) is 41.5. The van der Waals surface area contributed by atoms with Crippen LogP contribution in [0, 0.1) is 10.1 Å². The van der Waals surface area contributed by atoms with Crippen molar-refractivity contribution in [1.82, 2.24) is 9.97 Å². The Morgan fingerprint density at radius 1 is 0.774 bits per heavy atom. The summed E-state index contributed by atoms with van der Waals surface area (Å²) in [7, 11) is 2.50. The van der Waals surface area contributed by atoms with Crippen LogP contribution < -0.4 is 9.47 Å². The first-order chi connectivity index (χ1) is 14.9. The molecule has 0 aliphatic carbocycles. The topological polar surface area (TPSA) is 140 Å². The molecule has 3 rings (SSSR count). The maximum atomic E-state index is 11.6. The van der Waals surface area contributed by atoms with Crippen LogP contribution in [0.2, 0.25) is 0 Å². The monoisotopic (exact) mass is 425 g/mol. The number of hydrogen-bond acceptors (Lipinski definition) is 10. The first-order valence-corrected chi connectivity index (χ1v) is 8.64. The van der Waals surface area contributed by atoms with Crippen molar-refractivity contribution in [3.05, 3.63) is 76.1 Å². The maximum absolute atomic E-state index is 11.6. The second-order valence-corrected chi connectivity index (χ2v) is 5.83. The second kappa shape index (κ2) is 9.31. The standard InChI is InChI=1S/C20H15N3O8/c1-28-19(24)12-3-7-14(8-4-12)30-17-16(23(26)27)18(22-11-21-17)31-15-9-5-13(6-10-15)20(25)29-2/h3-11H,1-2H3. The molecule has 11 nitrogen and oxygen atoms in total. The van der Waals surface area contributed by atoms with E-state index in [9.17, 15) is 19.7 Å². The van der Waals surface area contributed by atoms with Gasteiger partial charge in [-0.1, -0.05) is 0 Å². The van der Waals surface area contributed by atoms with E-state index < -0.39 is 22.5 Å². The third-order valence-corrected chi connectivity index (χ3v) is 3.92. The van der Waals surface area contributed by atoms with Crippen molar-refractivity contribution in [3.63, 3.8) is 0 Å². The number of esters is 2. The minimum Gasteiger partial charge on any atom is -0.465 e. The molecule has 31 heavy (non-hydrogen) atoms. The third-order valence-electron chi connectivity index (χ3n) is 3.92. The molecule has 0 bridgehead atoms. The Labute approximate surface area is 175 Å². The van der Waals surface area contributed by atoms with E-state index in [1.54, 1.807) is 0 Å². The number of carbonyl (C=O) groups is 2. The lowest BCUT2D eigenvalue weighted by molar-refractivity contribution is -0.387. The van der Waals surface area contributed by atoms with Crippen molar-refractivity contribution in [2.45, 2.75) is 0 Å². The molecule has 0 fully saturated rings. The Hall–Kier alpha value is -4.54. The number of hydrogen-bond donors (Lipinski definition) is 0. The quantitative estimate of drug-likeness (QED) is 0.313. The van der Waals surface area contributed by atoms with Gasteiger partial charge in [-0.2, -0.15) is 9.97 Å². The van der Waals surface area contributed by atoms with E-state index in [-0.39, 0.29) is 34.4 Å². The lowest BCUT2D eigenvalue weighted by atomic mass is 10.2. The first-order valence-electron chi connectivity index (χ1n) is 8.64. The summed E-state index contributed by atoms with van der Waals surface area (Å²) in [6, 6.07) is 11.5. The number of aromatic nitrogens is 2. The van der Waals surface area contributed by atoms with Gasteiger partial charge in [-0.3, -0.25) is 10.1 Å². The number of benzene rings is 2. The highest BCUT2D eigenvalue weighted by atomic mass is 16.6. The second-order valence-electron chi connectivity index (χ2n) is 5.83. The zero-order valence-electron chi connectivity index (χ0n) is 16.3. The molecule has 0 radical (unpaired) electrons. The van der Waals surface area contributed by atoms with Crippen molar-refractivity contribution in [2.24, 2.45) is 0 Å². The summed E-state index contributed by atoms with van der Waals surface area (Å²) in [6.07, 6.45) is 1.04. The van der Waals surface area contributed by atoms with Gasteiger partial charge in [-0.15, -0.1) is 0 Å². The first kappa shape index (κ1) is 21.2. The molecule has 1 aromatic heterocycles. The van der Waals surface area contributed by atoms with Gasteiger partial charge in [-0.05, 0) is 48.5 Å². The molecule has 158 valence electrons. The molecule has 0 spiro atoms. The molecule has 0 aliphatic rings. The molecular weight excluding hydrogens is 410 g/mol. The third kappa shape index (κ3) is 4.90. The highest BCUT2D eigenvalue weighted by molar-refractivity contribution is 5.89. The summed E-state index contributed by atoms with van der Waals surface area (Å²) < 4.78 is 20.2. The SMILES string of the molecule is COC(=O)c1ccc(Oc2ncnc(Oc3ccc(C(=O)OC)cc3)c2[N+](=O)[O-])cc1. The minimum absolute atomic E-state index is 0.197. The van der Waals surface area contributed by atoms with Gasteiger partial charge >= 0.3 is 29.4 Å². The van der Waals surface area contributed by atoms with Crippen LogP contribution in [-0.4, -0.2) is 41.0 Å². The lowest BCUT2D eigenvalue weighted by Gasteiger charge is -2.09. The Kier molecular flexibility index (Phi) is 6.36. The van der Waals surface area contributed by atoms with Crippen molar-refractivity contribution in [1.29, 1.82) is 0 Å². The molecule has 1 heterocycles.